The van der Waals surface area contributed by atoms with E-state index in [2.05, 4.69) is 17.2 Å². The summed E-state index contributed by atoms with van der Waals surface area (Å²) < 4.78 is 5.19. The van der Waals surface area contributed by atoms with Crippen LogP contribution in [0.3, 0.4) is 0 Å². The number of nitrogens with zero attached hydrogens (tertiary/aromatic N) is 1. The van der Waals surface area contributed by atoms with Gasteiger partial charge in [0.05, 0.1) is 7.11 Å². The van der Waals surface area contributed by atoms with Gasteiger partial charge in [0.15, 0.2) is 0 Å². The van der Waals surface area contributed by atoms with Gasteiger partial charge in [0.1, 0.15) is 5.75 Å². The molecule has 0 bridgehead atoms. The number of methoxy groups -OCH3 is 1. The third kappa shape index (κ3) is 2.97. The van der Waals surface area contributed by atoms with E-state index in [0.29, 0.717) is 0 Å². The van der Waals surface area contributed by atoms with Crippen LogP contribution < -0.4 is 10.1 Å². The molecule has 0 aliphatic heterocycles. The Morgan fingerprint density at radius 1 is 1.18 bits per heavy atom. The minimum absolute atomic E-state index is 0.241. The van der Waals surface area contributed by atoms with Crippen LogP contribution in [0.2, 0.25) is 0 Å². The minimum atomic E-state index is 0.241. The Hall–Kier alpha value is -2.03. The summed E-state index contributed by atoms with van der Waals surface area (Å²) in [4.78, 5) is 4.01. The first-order valence-electron chi connectivity index (χ1n) is 5.60. The summed E-state index contributed by atoms with van der Waals surface area (Å²) in [5.41, 5.74) is 2.26. The number of pyridine rings is 1. The number of benzene rings is 1. The zero-order chi connectivity index (χ0) is 12.1. The van der Waals surface area contributed by atoms with Gasteiger partial charge in [-0.3, -0.25) is 4.98 Å². The molecule has 1 aromatic heterocycles. The number of anilines is 1. The van der Waals surface area contributed by atoms with Crippen molar-refractivity contribution in [3.8, 4) is 5.75 Å². The minimum Gasteiger partial charge on any atom is -0.497 e. The van der Waals surface area contributed by atoms with Crippen LogP contribution in [0.25, 0.3) is 0 Å². The monoisotopic (exact) mass is 228 g/mol. The van der Waals surface area contributed by atoms with Crippen molar-refractivity contribution in [1.82, 2.24) is 4.98 Å². The molecule has 1 unspecified atom stereocenters. The van der Waals surface area contributed by atoms with E-state index in [0.717, 1.165) is 11.4 Å². The zero-order valence-corrected chi connectivity index (χ0v) is 10.1. The van der Waals surface area contributed by atoms with Gasteiger partial charge in [-0.15, -0.1) is 0 Å². The average Bonchev–Trinajstić information content (AvgIpc) is 2.40. The molecule has 1 aromatic carbocycles. The predicted octanol–water partition coefficient (Wildman–Crippen LogP) is 3.26. The fraction of sp³-hybridized carbons (Fsp3) is 0.214. The number of rotatable bonds is 4. The van der Waals surface area contributed by atoms with E-state index in [1.165, 1.54) is 5.56 Å². The molecule has 0 radical (unpaired) electrons. The van der Waals surface area contributed by atoms with Crippen LogP contribution in [0.1, 0.15) is 18.5 Å². The van der Waals surface area contributed by atoms with Gasteiger partial charge >= 0.3 is 0 Å². The number of nitrogens with one attached hydrogen (secondary N) is 1. The Labute approximate surface area is 101 Å². The van der Waals surface area contributed by atoms with E-state index >= 15 is 0 Å². The molecule has 17 heavy (non-hydrogen) atoms. The molecule has 0 spiro atoms. The molecule has 0 amide bonds. The third-order valence-electron chi connectivity index (χ3n) is 2.66. The molecule has 1 heterocycles. The second-order valence-electron chi connectivity index (χ2n) is 3.88. The van der Waals surface area contributed by atoms with Gasteiger partial charge in [0.2, 0.25) is 0 Å². The number of hydrogen-bond acceptors (Lipinski definition) is 3. The lowest BCUT2D eigenvalue weighted by Gasteiger charge is -2.15. The second kappa shape index (κ2) is 5.34. The molecule has 3 nitrogen and oxygen atoms in total. The van der Waals surface area contributed by atoms with E-state index in [1.807, 2.05) is 36.4 Å². The topological polar surface area (TPSA) is 34.1 Å². The third-order valence-corrected chi connectivity index (χ3v) is 2.66. The molecule has 2 aromatic rings. The molecule has 88 valence electrons. The highest BCUT2D eigenvalue weighted by Crippen LogP contribution is 2.22. The van der Waals surface area contributed by atoms with Gasteiger partial charge < -0.3 is 10.1 Å². The largest absolute Gasteiger partial charge is 0.497 e. The lowest BCUT2D eigenvalue weighted by Crippen LogP contribution is -2.06. The molecular formula is C14H16N2O. The number of ether oxygens (including phenoxy) is 1. The summed E-state index contributed by atoms with van der Waals surface area (Å²) in [6.07, 6.45) is 3.61. The summed E-state index contributed by atoms with van der Waals surface area (Å²) in [5, 5.41) is 3.43. The van der Waals surface area contributed by atoms with Crippen molar-refractivity contribution >= 4 is 5.69 Å². The molecular weight excluding hydrogens is 212 g/mol. The first kappa shape index (κ1) is 11.5. The predicted molar refractivity (Wildman–Crippen MR) is 69.3 cm³/mol. The van der Waals surface area contributed by atoms with Gasteiger partial charge in [-0.05, 0) is 36.8 Å². The second-order valence-corrected chi connectivity index (χ2v) is 3.88. The first-order chi connectivity index (χ1) is 8.29. The first-order valence-corrected chi connectivity index (χ1v) is 5.60. The van der Waals surface area contributed by atoms with Crippen LogP contribution in [0, 0.1) is 0 Å². The maximum Gasteiger partial charge on any atom is 0.120 e. The Balaban J connectivity index is 2.10. The van der Waals surface area contributed by atoms with Gasteiger partial charge in [-0.2, -0.15) is 0 Å². The molecule has 0 saturated carbocycles. The van der Waals surface area contributed by atoms with Crippen LogP contribution in [0.5, 0.6) is 5.75 Å². The smallest absolute Gasteiger partial charge is 0.120 e. The van der Waals surface area contributed by atoms with Crippen LogP contribution in [-0.2, 0) is 0 Å². The van der Waals surface area contributed by atoms with E-state index in [1.54, 1.807) is 19.5 Å². The Morgan fingerprint density at radius 3 is 2.65 bits per heavy atom. The van der Waals surface area contributed by atoms with Crippen molar-refractivity contribution in [3.63, 3.8) is 0 Å². The highest BCUT2D eigenvalue weighted by Gasteiger charge is 2.04. The fourth-order valence-electron chi connectivity index (χ4n) is 1.70. The molecule has 0 aliphatic rings. The van der Waals surface area contributed by atoms with Crippen LogP contribution >= 0.6 is 0 Å². The van der Waals surface area contributed by atoms with Crippen LogP contribution in [0.4, 0.5) is 5.69 Å². The lowest BCUT2D eigenvalue weighted by atomic mass is 10.1. The summed E-state index contributed by atoms with van der Waals surface area (Å²) in [7, 11) is 1.67. The summed E-state index contributed by atoms with van der Waals surface area (Å²) in [6.45, 7) is 2.12. The van der Waals surface area contributed by atoms with Gasteiger partial charge in [0, 0.05) is 30.2 Å². The number of aromatic nitrogens is 1. The van der Waals surface area contributed by atoms with Crippen molar-refractivity contribution in [1.29, 1.82) is 0 Å². The van der Waals surface area contributed by atoms with E-state index < -0.39 is 0 Å². The van der Waals surface area contributed by atoms with Crippen molar-refractivity contribution in [2.45, 2.75) is 13.0 Å². The molecule has 0 saturated heterocycles. The van der Waals surface area contributed by atoms with Gasteiger partial charge in [-0.25, -0.2) is 0 Å². The van der Waals surface area contributed by atoms with Crippen molar-refractivity contribution in [2.75, 3.05) is 12.4 Å². The molecule has 1 atom stereocenters. The van der Waals surface area contributed by atoms with Crippen molar-refractivity contribution in [2.24, 2.45) is 0 Å². The fourth-order valence-corrected chi connectivity index (χ4v) is 1.70. The maximum absolute atomic E-state index is 5.19. The van der Waals surface area contributed by atoms with Gasteiger partial charge in [-0.1, -0.05) is 6.07 Å². The standard InChI is InChI=1S/C14H16N2O/c1-11(12-6-8-15-9-7-12)16-13-4-3-5-14(10-13)17-2/h3-11,16H,1-2H3. The zero-order valence-electron chi connectivity index (χ0n) is 10.1. The lowest BCUT2D eigenvalue weighted by molar-refractivity contribution is 0.415. The summed E-state index contributed by atoms with van der Waals surface area (Å²) in [5.74, 6) is 0.858. The van der Waals surface area contributed by atoms with E-state index in [4.69, 9.17) is 4.74 Å². The molecule has 0 fully saturated rings. The molecule has 1 N–H and O–H groups in total. The Kier molecular flexibility index (Phi) is 3.60. The molecule has 3 heteroatoms. The van der Waals surface area contributed by atoms with E-state index in [-0.39, 0.29) is 6.04 Å². The van der Waals surface area contributed by atoms with Crippen molar-refractivity contribution in [3.05, 3.63) is 54.4 Å². The van der Waals surface area contributed by atoms with Gasteiger partial charge in [0.25, 0.3) is 0 Å². The summed E-state index contributed by atoms with van der Waals surface area (Å²) >= 11 is 0. The average molecular weight is 228 g/mol. The molecule has 0 aliphatic carbocycles. The van der Waals surface area contributed by atoms with Crippen molar-refractivity contribution < 1.29 is 4.74 Å². The number of hydrogen-bond donors (Lipinski definition) is 1. The Morgan fingerprint density at radius 2 is 1.94 bits per heavy atom. The SMILES string of the molecule is COc1cccc(NC(C)c2ccncc2)c1. The van der Waals surface area contributed by atoms with Crippen LogP contribution in [-0.4, -0.2) is 12.1 Å². The van der Waals surface area contributed by atoms with E-state index in [9.17, 15) is 0 Å². The maximum atomic E-state index is 5.19. The highest BCUT2D eigenvalue weighted by atomic mass is 16.5. The highest BCUT2D eigenvalue weighted by molar-refractivity contribution is 5.49. The Bertz CT molecular complexity index is 471. The molecule has 2 rings (SSSR count). The van der Waals surface area contributed by atoms with Crippen LogP contribution in [0.15, 0.2) is 48.8 Å². The normalized spacial score (nSPS) is 11.9. The quantitative estimate of drug-likeness (QED) is 0.872. The summed E-state index contributed by atoms with van der Waals surface area (Å²) in [6, 6.07) is 12.2.